The predicted molar refractivity (Wildman–Crippen MR) is 78.9 cm³/mol. The van der Waals surface area contributed by atoms with Crippen LogP contribution in [0.15, 0.2) is 6.07 Å². The first-order chi connectivity index (χ1) is 8.97. The Morgan fingerprint density at radius 3 is 2.79 bits per heavy atom. The second-order valence-corrected chi connectivity index (χ2v) is 6.08. The van der Waals surface area contributed by atoms with E-state index in [4.69, 9.17) is 17.0 Å². The highest BCUT2D eigenvalue weighted by Crippen LogP contribution is 2.22. The zero-order chi connectivity index (χ0) is 14.0. The number of rotatable bonds is 3. The van der Waals surface area contributed by atoms with Gasteiger partial charge in [-0.1, -0.05) is 26.1 Å². The van der Waals surface area contributed by atoms with E-state index < -0.39 is 0 Å². The summed E-state index contributed by atoms with van der Waals surface area (Å²) in [6.07, 6.45) is -0.00319. The standard InChI is InChI=1S/C14H23N3OS/c1-9(2)11-7-13(19)16-14(15-11)12-8-17(10(3)4)5-6-18-12/h7,9-10,12H,5-6,8H2,1-4H3,(H,15,16,19). The van der Waals surface area contributed by atoms with Gasteiger partial charge in [-0.25, -0.2) is 4.98 Å². The Kier molecular flexibility index (Phi) is 4.71. The normalized spacial score (nSPS) is 21.3. The zero-order valence-electron chi connectivity index (χ0n) is 12.1. The third-order valence-electron chi connectivity index (χ3n) is 3.54. The topological polar surface area (TPSA) is 41.2 Å². The first-order valence-electron chi connectivity index (χ1n) is 6.94. The Labute approximate surface area is 120 Å². The largest absolute Gasteiger partial charge is 0.368 e. The molecular formula is C14H23N3OS. The molecule has 1 aromatic rings. The maximum absolute atomic E-state index is 5.85. The molecule has 0 bridgehead atoms. The fourth-order valence-electron chi connectivity index (χ4n) is 2.26. The van der Waals surface area contributed by atoms with Crippen molar-refractivity contribution in [2.24, 2.45) is 0 Å². The van der Waals surface area contributed by atoms with Gasteiger partial charge in [-0.05, 0) is 25.8 Å². The Bertz CT molecular complexity index is 484. The van der Waals surface area contributed by atoms with Gasteiger partial charge in [0.2, 0.25) is 0 Å². The average Bonchev–Trinajstić information content (AvgIpc) is 2.38. The maximum atomic E-state index is 5.85. The summed E-state index contributed by atoms with van der Waals surface area (Å²) in [7, 11) is 0. The molecule has 0 aromatic carbocycles. The van der Waals surface area contributed by atoms with E-state index in [0.29, 0.717) is 16.6 Å². The lowest BCUT2D eigenvalue weighted by Gasteiger charge is -2.35. The minimum absolute atomic E-state index is 0.00319. The SMILES string of the molecule is CC(C)c1cc(=S)nc(C2CN(C(C)C)CCO2)[nH]1. The Hall–Kier alpha value is -0.780. The van der Waals surface area contributed by atoms with Crippen LogP contribution in [0.25, 0.3) is 0 Å². The van der Waals surface area contributed by atoms with Crippen LogP contribution in [0.1, 0.15) is 51.2 Å². The Balaban J connectivity index is 2.23. The van der Waals surface area contributed by atoms with Crippen molar-refractivity contribution in [2.75, 3.05) is 19.7 Å². The highest BCUT2D eigenvalue weighted by molar-refractivity contribution is 7.71. The van der Waals surface area contributed by atoms with Crippen molar-refractivity contribution < 1.29 is 4.74 Å². The molecule has 1 aliphatic heterocycles. The molecule has 0 saturated carbocycles. The molecule has 2 heterocycles. The molecule has 4 nitrogen and oxygen atoms in total. The highest BCUT2D eigenvalue weighted by atomic mass is 32.1. The van der Waals surface area contributed by atoms with Gasteiger partial charge in [0.1, 0.15) is 16.6 Å². The van der Waals surface area contributed by atoms with Gasteiger partial charge in [-0.2, -0.15) is 0 Å². The molecule has 1 atom stereocenters. The van der Waals surface area contributed by atoms with Gasteiger partial charge < -0.3 is 9.72 Å². The maximum Gasteiger partial charge on any atom is 0.138 e. The van der Waals surface area contributed by atoms with E-state index in [0.717, 1.165) is 31.2 Å². The van der Waals surface area contributed by atoms with Gasteiger partial charge in [-0.3, -0.25) is 4.90 Å². The van der Waals surface area contributed by atoms with Crippen molar-refractivity contribution >= 4 is 12.2 Å². The number of nitrogens with one attached hydrogen (secondary N) is 1. The van der Waals surface area contributed by atoms with Gasteiger partial charge in [0.15, 0.2) is 0 Å². The number of aromatic nitrogens is 2. The summed E-state index contributed by atoms with van der Waals surface area (Å²) in [6.45, 7) is 11.3. The van der Waals surface area contributed by atoms with E-state index in [9.17, 15) is 0 Å². The monoisotopic (exact) mass is 281 g/mol. The number of aromatic amines is 1. The smallest absolute Gasteiger partial charge is 0.138 e. The van der Waals surface area contributed by atoms with Crippen molar-refractivity contribution in [1.29, 1.82) is 0 Å². The number of morpholine rings is 1. The molecule has 5 heteroatoms. The molecule has 19 heavy (non-hydrogen) atoms. The minimum Gasteiger partial charge on any atom is -0.368 e. The van der Waals surface area contributed by atoms with Gasteiger partial charge in [0.25, 0.3) is 0 Å². The molecule has 0 amide bonds. The lowest BCUT2D eigenvalue weighted by atomic mass is 10.1. The number of ether oxygens (including phenoxy) is 1. The first kappa shape index (κ1) is 14.6. The highest BCUT2D eigenvalue weighted by Gasteiger charge is 2.25. The van der Waals surface area contributed by atoms with Gasteiger partial charge in [0, 0.05) is 24.8 Å². The van der Waals surface area contributed by atoms with Crippen LogP contribution >= 0.6 is 12.2 Å². The van der Waals surface area contributed by atoms with E-state index in [1.165, 1.54) is 0 Å². The number of nitrogens with zero attached hydrogens (tertiary/aromatic N) is 2. The van der Waals surface area contributed by atoms with Crippen LogP contribution in [0, 0.1) is 4.64 Å². The third kappa shape index (κ3) is 3.61. The molecule has 0 radical (unpaired) electrons. The lowest BCUT2D eigenvalue weighted by molar-refractivity contribution is -0.0444. The van der Waals surface area contributed by atoms with E-state index in [1.54, 1.807) is 0 Å². The lowest BCUT2D eigenvalue weighted by Crippen LogP contribution is -2.42. The minimum atomic E-state index is -0.00319. The molecule has 106 valence electrons. The molecule has 0 aliphatic carbocycles. The number of hydrogen-bond donors (Lipinski definition) is 1. The Morgan fingerprint density at radius 2 is 2.16 bits per heavy atom. The third-order valence-corrected chi connectivity index (χ3v) is 3.75. The van der Waals surface area contributed by atoms with Crippen LogP contribution in [-0.4, -0.2) is 40.6 Å². The molecule has 1 aliphatic rings. The quantitative estimate of drug-likeness (QED) is 0.865. The Morgan fingerprint density at radius 1 is 1.42 bits per heavy atom. The van der Waals surface area contributed by atoms with Gasteiger partial charge in [-0.15, -0.1) is 0 Å². The molecule has 1 fully saturated rings. The summed E-state index contributed by atoms with van der Waals surface area (Å²) >= 11 is 5.26. The van der Waals surface area contributed by atoms with Crippen LogP contribution in [0.2, 0.25) is 0 Å². The average molecular weight is 281 g/mol. The number of H-pyrrole nitrogens is 1. The molecule has 2 rings (SSSR count). The van der Waals surface area contributed by atoms with Crippen molar-refractivity contribution in [3.63, 3.8) is 0 Å². The second kappa shape index (κ2) is 6.11. The summed E-state index contributed by atoms with van der Waals surface area (Å²) in [4.78, 5) is 10.2. The van der Waals surface area contributed by atoms with Crippen molar-refractivity contribution in [1.82, 2.24) is 14.9 Å². The van der Waals surface area contributed by atoms with Crippen molar-refractivity contribution in [3.05, 3.63) is 22.2 Å². The summed E-state index contributed by atoms with van der Waals surface area (Å²) in [5.74, 6) is 1.27. The van der Waals surface area contributed by atoms with Crippen LogP contribution in [-0.2, 0) is 4.74 Å². The molecular weight excluding hydrogens is 258 g/mol. The fraction of sp³-hybridized carbons (Fsp3) is 0.714. The summed E-state index contributed by atoms with van der Waals surface area (Å²) in [5, 5.41) is 0. The summed E-state index contributed by atoms with van der Waals surface area (Å²) < 4.78 is 6.49. The van der Waals surface area contributed by atoms with Crippen molar-refractivity contribution in [3.8, 4) is 0 Å². The predicted octanol–water partition coefficient (Wildman–Crippen LogP) is 3.04. The number of hydrogen-bond acceptors (Lipinski definition) is 4. The summed E-state index contributed by atoms with van der Waals surface area (Å²) in [5.41, 5.74) is 1.13. The van der Waals surface area contributed by atoms with Crippen LogP contribution in [0.3, 0.4) is 0 Å². The summed E-state index contributed by atoms with van der Waals surface area (Å²) in [6, 6.07) is 2.47. The first-order valence-corrected chi connectivity index (χ1v) is 7.35. The van der Waals surface area contributed by atoms with E-state index >= 15 is 0 Å². The molecule has 0 spiro atoms. The van der Waals surface area contributed by atoms with Gasteiger partial charge >= 0.3 is 0 Å². The zero-order valence-corrected chi connectivity index (χ0v) is 13.0. The van der Waals surface area contributed by atoms with E-state index in [-0.39, 0.29) is 6.10 Å². The van der Waals surface area contributed by atoms with Crippen LogP contribution in [0.4, 0.5) is 0 Å². The van der Waals surface area contributed by atoms with Crippen LogP contribution in [0.5, 0.6) is 0 Å². The van der Waals surface area contributed by atoms with Crippen molar-refractivity contribution in [2.45, 2.75) is 45.8 Å². The second-order valence-electron chi connectivity index (χ2n) is 5.66. The van der Waals surface area contributed by atoms with E-state index in [2.05, 4.69) is 42.6 Å². The molecule has 1 N–H and O–H groups in total. The fourth-order valence-corrected chi connectivity index (χ4v) is 2.49. The van der Waals surface area contributed by atoms with Gasteiger partial charge in [0.05, 0.1) is 6.61 Å². The molecule has 1 unspecified atom stereocenters. The molecule has 1 saturated heterocycles. The van der Waals surface area contributed by atoms with Crippen LogP contribution < -0.4 is 0 Å². The molecule has 1 aromatic heterocycles. The van der Waals surface area contributed by atoms with E-state index in [1.807, 2.05) is 6.07 Å².